The van der Waals surface area contributed by atoms with Gasteiger partial charge in [-0.25, -0.2) is 0 Å². The predicted molar refractivity (Wildman–Crippen MR) is 101 cm³/mol. The SMILES string of the molecule is Cc1cc2ccc(/C(=C/CN(C)C)c3ccccc3)cc2[nH]c1=O. The summed E-state index contributed by atoms with van der Waals surface area (Å²) in [6.07, 6.45) is 2.22. The molecule has 122 valence electrons. The van der Waals surface area contributed by atoms with Crippen molar-refractivity contribution in [3.8, 4) is 0 Å². The van der Waals surface area contributed by atoms with Crippen LogP contribution < -0.4 is 5.56 Å². The maximum absolute atomic E-state index is 11.9. The molecule has 0 unspecified atom stereocenters. The van der Waals surface area contributed by atoms with Gasteiger partial charge in [-0.05, 0) is 55.2 Å². The largest absolute Gasteiger partial charge is 0.322 e. The molecule has 0 amide bonds. The fraction of sp³-hybridized carbons (Fsp3) is 0.190. The van der Waals surface area contributed by atoms with Crippen molar-refractivity contribution in [3.05, 3.63) is 87.7 Å². The van der Waals surface area contributed by atoms with Crippen LogP contribution in [0.25, 0.3) is 16.5 Å². The van der Waals surface area contributed by atoms with Gasteiger partial charge in [-0.15, -0.1) is 0 Å². The molecule has 3 rings (SSSR count). The Morgan fingerprint density at radius 1 is 1.04 bits per heavy atom. The monoisotopic (exact) mass is 318 g/mol. The van der Waals surface area contributed by atoms with Crippen LogP contribution in [0.1, 0.15) is 16.7 Å². The zero-order chi connectivity index (χ0) is 17.1. The highest BCUT2D eigenvalue weighted by Crippen LogP contribution is 2.26. The minimum Gasteiger partial charge on any atom is -0.322 e. The Kier molecular flexibility index (Phi) is 4.63. The maximum atomic E-state index is 11.9. The van der Waals surface area contributed by atoms with Crippen molar-refractivity contribution in [1.29, 1.82) is 0 Å². The first-order valence-corrected chi connectivity index (χ1v) is 8.09. The highest BCUT2D eigenvalue weighted by molar-refractivity contribution is 5.87. The lowest BCUT2D eigenvalue weighted by Gasteiger charge is -2.12. The topological polar surface area (TPSA) is 36.1 Å². The van der Waals surface area contributed by atoms with Crippen molar-refractivity contribution in [3.63, 3.8) is 0 Å². The fourth-order valence-corrected chi connectivity index (χ4v) is 2.77. The van der Waals surface area contributed by atoms with Crippen molar-refractivity contribution in [2.75, 3.05) is 20.6 Å². The highest BCUT2D eigenvalue weighted by Gasteiger charge is 2.07. The molecule has 0 saturated heterocycles. The normalized spacial score (nSPS) is 12.1. The summed E-state index contributed by atoms with van der Waals surface area (Å²) in [6, 6.07) is 18.5. The Hall–Kier alpha value is -2.65. The van der Waals surface area contributed by atoms with E-state index in [1.807, 2.05) is 31.2 Å². The van der Waals surface area contributed by atoms with Crippen LogP contribution in [0.5, 0.6) is 0 Å². The average molecular weight is 318 g/mol. The van der Waals surface area contributed by atoms with Crippen LogP contribution in [-0.2, 0) is 0 Å². The summed E-state index contributed by atoms with van der Waals surface area (Å²) < 4.78 is 0. The van der Waals surface area contributed by atoms with E-state index in [1.165, 1.54) is 11.1 Å². The maximum Gasteiger partial charge on any atom is 0.251 e. The minimum atomic E-state index is -0.0295. The average Bonchev–Trinajstić information content (AvgIpc) is 2.57. The first-order valence-electron chi connectivity index (χ1n) is 8.09. The number of hydrogen-bond acceptors (Lipinski definition) is 2. The Morgan fingerprint density at radius 3 is 2.50 bits per heavy atom. The van der Waals surface area contributed by atoms with Gasteiger partial charge >= 0.3 is 0 Å². The molecule has 0 aliphatic heterocycles. The molecule has 1 heterocycles. The van der Waals surface area contributed by atoms with E-state index >= 15 is 0 Å². The van der Waals surface area contributed by atoms with Crippen molar-refractivity contribution in [2.24, 2.45) is 0 Å². The van der Waals surface area contributed by atoms with Gasteiger partial charge in [0.1, 0.15) is 0 Å². The summed E-state index contributed by atoms with van der Waals surface area (Å²) in [4.78, 5) is 17.0. The number of H-pyrrole nitrogens is 1. The first kappa shape index (κ1) is 16.2. The number of likely N-dealkylation sites (N-methyl/N-ethyl adjacent to an activating group) is 1. The third kappa shape index (κ3) is 3.47. The lowest BCUT2D eigenvalue weighted by molar-refractivity contribution is 0.457. The molecule has 3 heteroatoms. The number of aryl methyl sites for hydroxylation is 1. The van der Waals surface area contributed by atoms with Crippen LogP contribution in [0.15, 0.2) is 65.5 Å². The number of nitrogens with zero attached hydrogens (tertiary/aromatic N) is 1. The first-order chi connectivity index (χ1) is 11.5. The summed E-state index contributed by atoms with van der Waals surface area (Å²) in [7, 11) is 4.11. The third-order valence-corrected chi connectivity index (χ3v) is 4.09. The van der Waals surface area contributed by atoms with Crippen LogP contribution >= 0.6 is 0 Å². The number of pyridine rings is 1. The number of aromatic amines is 1. The summed E-state index contributed by atoms with van der Waals surface area (Å²) in [5, 5.41) is 1.05. The number of nitrogens with one attached hydrogen (secondary N) is 1. The molecule has 0 aliphatic carbocycles. The van der Waals surface area contributed by atoms with E-state index in [9.17, 15) is 4.79 Å². The lowest BCUT2D eigenvalue weighted by atomic mass is 9.96. The van der Waals surface area contributed by atoms with Gasteiger partial charge in [0.15, 0.2) is 0 Å². The molecule has 0 bridgehead atoms. The number of hydrogen-bond donors (Lipinski definition) is 1. The van der Waals surface area contributed by atoms with Gasteiger partial charge in [0.05, 0.1) is 0 Å². The molecule has 1 N–H and O–H groups in total. The Morgan fingerprint density at radius 2 is 1.79 bits per heavy atom. The van der Waals surface area contributed by atoms with Crippen molar-refractivity contribution >= 4 is 16.5 Å². The van der Waals surface area contributed by atoms with Crippen LogP contribution in [0, 0.1) is 6.92 Å². The van der Waals surface area contributed by atoms with Gasteiger partial charge in [0, 0.05) is 17.6 Å². The number of benzene rings is 2. The van der Waals surface area contributed by atoms with Crippen LogP contribution in [0.3, 0.4) is 0 Å². The second-order valence-corrected chi connectivity index (χ2v) is 6.33. The van der Waals surface area contributed by atoms with E-state index in [-0.39, 0.29) is 5.56 Å². The third-order valence-electron chi connectivity index (χ3n) is 4.09. The predicted octanol–water partition coefficient (Wildman–Crippen LogP) is 3.83. The van der Waals surface area contributed by atoms with Gasteiger partial charge in [0.25, 0.3) is 5.56 Å². The fourth-order valence-electron chi connectivity index (χ4n) is 2.77. The number of aromatic nitrogens is 1. The molecule has 24 heavy (non-hydrogen) atoms. The minimum absolute atomic E-state index is 0.0295. The molecule has 0 spiro atoms. The van der Waals surface area contributed by atoms with E-state index in [0.717, 1.165) is 28.6 Å². The summed E-state index contributed by atoms with van der Waals surface area (Å²) in [5.41, 5.74) is 5.03. The van der Waals surface area contributed by atoms with Gasteiger partial charge < -0.3 is 9.88 Å². The zero-order valence-corrected chi connectivity index (χ0v) is 14.3. The quantitative estimate of drug-likeness (QED) is 0.793. The Labute approximate surface area is 142 Å². The molecular formula is C21H22N2O. The van der Waals surface area contributed by atoms with Gasteiger partial charge in [0.2, 0.25) is 0 Å². The molecule has 0 radical (unpaired) electrons. The summed E-state index contributed by atoms with van der Waals surface area (Å²) in [5.74, 6) is 0. The lowest BCUT2D eigenvalue weighted by Crippen LogP contribution is -2.11. The van der Waals surface area contributed by atoms with Crippen molar-refractivity contribution in [2.45, 2.75) is 6.92 Å². The van der Waals surface area contributed by atoms with Gasteiger partial charge in [-0.1, -0.05) is 48.5 Å². The molecule has 1 aromatic heterocycles. The van der Waals surface area contributed by atoms with E-state index in [1.54, 1.807) is 0 Å². The number of rotatable bonds is 4. The molecule has 3 aromatic rings. The van der Waals surface area contributed by atoms with Gasteiger partial charge in [-0.2, -0.15) is 0 Å². The van der Waals surface area contributed by atoms with E-state index in [2.05, 4.69) is 60.4 Å². The standard InChI is InChI=1S/C21H22N2O/c1-15-13-18-10-9-17(14-20(18)22-21(15)24)19(11-12-23(2)3)16-7-5-4-6-8-16/h4-11,13-14H,12H2,1-3H3,(H,22,24)/b19-11+. The van der Waals surface area contributed by atoms with E-state index < -0.39 is 0 Å². The molecular weight excluding hydrogens is 296 g/mol. The zero-order valence-electron chi connectivity index (χ0n) is 14.3. The van der Waals surface area contributed by atoms with Crippen LogP contribution in [0.4, 0.5) is 0 Å². The smallest absolute Gasteiger partial charge is 0.251 e. The Balaban J connectivity index is 2.14. The van der Waals surface area contributed by atoms with Crippen LogP contribution in [-0.4, -0.2) is 30.5 Å². The van der Waals surface area contributed by atoms with Crippen molar-refractivity contribution in [1.82, 2.24) is 9.88 Å². The van der Waals surface area contributed by atoms with Gasteiger partial charge in [-0.3, -0.25) is 4.79 Å². The van der Waals surface area contributed by atoms with E-state index in [4.69, 9.17) is 0 Å². The second kappa shape index (κ2) is 6.85. The molecule has 0 saturated carbocycles. The molecule has 0 atom stereocenters. The van der Waals surface area contributed by atoms with Crippen molar-refractivity contribution < 1.29 is 0 Å². The molecule has 2 aromatic carbocycles. The highest BCUT2D eigenvalue weighted by atomic mass is 16.1. The second-order valence-electron chi connectivity index (χ2n) is 6.33. The van der Waals surface area contributed by atoms with E-state index in [0.29, 0.717) is 0 Å². The molecule has 0 aliphatic rings. The van der Waals surface area contributed by atoms with Crippen LogP contribution in [0.2, 0.25) is 0 Å². The molecule has 3 nitrogen and oxygen atoms in total. The Bertz CT molecular complexity index is 937. The summed E-state index contributed by atoms with van der Waals surface area (Å²) in [6.45, 7) is 2.69. The summed E-state index contributed by atoms with van der Waals surface area (Å²) >= 11 is 0. The number of fused-ring (bicyclic) bond motifs is 1. The molecule has 0 fully saturated rings.